The van der Waals surface area contributed by atoms with E-state index in [1.165, 1.54) is 12.1 Å². The van der Waals surface area contributed by atoms with Crippen molar-refractivity contribution in [2.75, 3.05) is 5.32 Å². The summed E-state index contributed by atoms with van der Waals surface area (Å²) in [5, 5.41) is 14.1. The summed E-state index contributed by atoms with van der Waals surface area (Å²) >= 11 is 0. The van der Waals surface area contributed by atoms with Crippen molar-refractivity contribution in [3.8, 4) is 11.3 Å². The maximum absolute atomic E-state index is 13.0. The molecule has 0 unspecified atom stereocenters. The van der Waals surface area contributed by atoms with E-state index in [-0.39, 0.29) is 11.3 Å². The smallest absolute Gasteiger partial charge is 0.273 e. The molecule has 0 spiro atoms. The van der Waals surface area contributed by atoms with Crippen LogP contribution in [-0.4, -0.2) is 20.2 Å². The average Bonchev–Trinajstić information content (AvgIpc) is 3.05. The van der Waals surface area contributed by atoms with Gasteiger partial charge in [0.15, 0.2) is 0 Å². The second kappa shape index (κ2) is 7.20. The molecule has 0 saturated heterocycles. The lowest BCUT2D eigenvalue weighted by atomic mass is 10.1. The Labute approximate surface area is 166 Å². The summed E-state index contributed by atoms with van der Waals surface area (Å²) in [5.74, 6) is 0.0906. The molecule has 29 heavy (non-hydrogen) atoms. The number of rotatable bonds is 4. The third kappa shape index (κ3) is 3.34. The number of imidazole rings is 1. The maximum atomic E-state index is 13.0. The number of carbonyl (C=O) groups excluding carboxylic acids is 1. The van der Waals surface area contributed by atoms with Gasteiger partial charge in [-0.15, -0.1) is 0 Å². The molecule has 0 bridgehead atoms. The number of benzene rings is 2. The molecule has 4 aromatic rings. The number of pyridine rings is 1. The normalized spacial score (nSPS) is 10.8. The molecule has 0 saturated carbocycles. The molecular formula is C22H18N4O3. The summed E-state index contributed by atoms with van der Waals surface area (Å²) in [6, 6.07) is 17.9. The Balaban J connectivity index is 1.83. The average molecular weight is 386 g/mol. The zero-order chi connectivity index (χ0) is 20.5. The van der Waals surface area contributed by atoms with Gasteiger partial charge in [-0.1, -0.05) is 36.4 Å². The van der Waals surface area contributed by atoms with E-state index in [1.807, 2.05) is 55.6 Å². The lowest BCUT2D eigenvalue weighted by Crippen LogP contribution is -2.16. The van der Waals surface area contributed by atoms with Crippen molar-refractivity contribution in [2.24, 2.45) is 0 Å². The molecule has 0 aliphatic rings. The van der Waals surface area contributed by atoms with Gasteiger partial charge in [-0.05, 0) is 37.6 Å². The molecule has 0 radical (unpaired) electrons. The third-order valence-corrected chi connectivity index (χ3v) is 4.81. The number of amides is 1. The third-order valence-electron chi connectivity index (χ3n) is 4.81. The Hall–Kier alpha value is -4.00. The number of fused-ring (bicyclic) bond motifs is 1. The van der Waals surface area contributed by atoms with Gasteiger partial charge in [-0.3, -0.25) is 19.3 Å². The molecule has 144 valence electrons. The highest BCUT2D eigenvalue weighted by molar-refractivity contribution is 6.07. The van der Waals surface area contributed by atoms with Crippen LogP contribution in [0.15, 0.2) is 66.9 Å². The predicted molar refractivity (Wildman–Crippen MR) is 111 cm³/mol. The van der Waals surface area contributed by atoms with E-state index >= 15 is 0 Å². The minimum atomic E-state index is -0.488. The zero-order valence-corrected chi connectivity index (χ0v) is 15.9. The Morgan fingerprint density at radius 1 is 1.07 bits per heavy atom. The SMILES string of the molecule is Cc1ccn2c(NC(=O)c3cccc([N+](=O)[O-])c3C)c(-c3ccccc3)nc2c1. The Bertz CT molecular complexity index is 1250. The van der Waals surface area contributed by atoms with Crippen molar-refractivity contribution in [1.82, 2.24) is 9.38 Å². The molecule has 0 fully saturated rings. The summed E-state index contributed by atoms with van der Waals surface area (Å²) in [7, 11) is 0. The standard InChI is InChI=1S/C22H18N4O3/c1-14-11-12-25-19(13-14)23-20(16-7-4-3-5-8-16)21(25)24-22(27)17-9-6-10-18(15(17)2)26(28)29/h3-13H,1-2H3,(H,24,27). The fourth-order valence-electron chi connectivity index (χ4n) is 3.31. The van der Waals surface area contributed by atoms with Crippen molar-refractivity contribution in [2.45, 2.75) is 13.8 Å². The summed E-state index contributed by atoms with van der Waals surface area (Å²) in [5.41, 5.74) is 3.73. The van der Waals surface area contributed by atoms with Crippen LogP contribution < -0.4 is 5.32 Å². The zero-order valence-electron chi connectivity index (χ0n) is 15.9. The van der Waals surface area contributed by atoms with Gasteiger partial charge in [0.2, 0.25) is 0 Å². The van der Waals surface area contributed by atoms with Crippen LogP contribution in [0.4, 0.5) is 11.5 Å². The number of nitro groups is 1. The number of hydrogen-bond acceptors (Lipinski definition) is 4. The number of nitrogens with zero attached hydrogens (tertiary/aromatic N) is 3. The molecule has 1 amide bonds. The lowest BCUT2D eigenvalue weighted by molar-refractivity contribution is -0.385. The number of hydrogen-bond donors (Lipinski definition) is 1. The van der Waals surface area contributed by atoms with Crippen LogP contribution >= 0.6 is 0 Å². The largest absolute Gasteiger partial charge is 0.306 e. The summed E-state index contributed by atoms with van der Waals surface area (Å²) in [4.78, 5) is 28.5. The number of nitro benzene ring substituents is 1. The molecule has 7 nitrogen and oxygen atoms in total. The number of anilines is 1. The molecule has 4 rings (SSSR count). The molecule has 7 heteroatoms. The Kier molecular flexibility index (Phi) is 4.56. The summed E-state index contributed by atoms with van der Waals surface area (Å²) in [6.45, 7) is 3.55. The molecule has 0 atom stereocenters. The Morgan fingerprint density at radius 3 is 2.55 bits per heavy atom. The highest BCUT2D eigenvalue weighted by Gasteiger charge is 2.21. The van der Waals surface area contributed by atoms with Crippen LogP contribution in [-0.2, 0) is 0 Å². The van der Waals surface area contributed by atoms with E-state index in [9.17, 15) is 14.9 Å². The topological polar surface area (TPSA) is 89.5 Å². The fraction of sp³-hybridized carbons (Fsp3) is 0.0909. The molecule has 2 heterocycles. The summed E-state index contributed by atoms with van der Waals surface area (Å²) < 4.78 is 1.81. The number of aromatic nitrogens is 2. The van der Waals surface area contributed by atoms with Gasteiger partial charge in [-0.2, -0.15) is 0 Å². The van der Waals surface area contributed by atoms with E-state index in [0.29, 0.717) is 22.7 Å². The first kappa shape index (κ1) is 18.4. The van der Waals surface area contributed by atoms with Gasteiger partial charge in [0.1, 0.15) is 17.2 Å². The minimum absolute atomic E-state index is 0.0882. The molecule has 2 aromatic carbocycles. The van der Waals surface area contributed by atoms with E-state index in [2.05, 4.69) is 5.32 Å². The van der Waals surface area contributed by atoms with Gasteiger partial charge < -0.3 is 5.32 Å². The van der Waals surface area contributed by atoms with Crippen LogP contribution in [0.3, 0.4) is 0 Å². The number of aryl methyl sites for hydroxylation is 1. The van der Waals surface area contributed by atoms with Crippen molar-refractivity contribution >= 4 is 23.1 Å². The molecule has 0 aliphatic heterocycles. The van der Waals surface area contributed by atoms with Gasteiger partial charge in [0.25, 0.3) is 11.6 Å². The first-order valence-electron chi connectivity index (χ1n) is 9.05. The van der Waals surface area contributed by atoms with Crippen LogP contribution in [0, 0.1) is 24.0 Å². The molecule has 0 aliphatic carbocycles. The van der Waals surface area contributed by atoms with Crippen LogP contribution in [0.2, 0.25) is 0 Å². The van der Waals surface area contributed by atoms with E-state index in [4.69, 9.17) is 4.98 Å². The van der Waals surface area contributed by atoms with Crippen LogP contribution in [0.5, 0.6) is 0 Å². The molecule has 1 N–H and O–H groups in total. The first-order valence-corrected chi connectivity index (χ1v) is 9.05. The van der Waals surface area contributed by atoms with Gasteiger partial charge >= 0.3 is 0 Å². The quantitative estimate of drug-likeness (QED) is 0.404. The maximum Gasteiger partial charge on any atom is 0.273 e. The number of nitrogens with one attached hydrogen (secondary N) is 1. The van der Waals surface area contributed by atoms with Crippen molar-refractivity contribution in [3.63, 3.8) is 0 Å². The second-order valence-electron chi connectivity index (χ2n) is 6.77. The van der Waals surface area contributed by atoms with Crippen molar-refractivity contribution < 1.29 is 9.72 Å². The highest BCUT2D eigenvalue weighted by atomic mass is 16.6. The monoisotopic (exact) mass is 386 g/mol. The van der Waals surface area contributed by atoms with Crippen LogP contribution in [0.25, 0.3) is 16.9 Å². The van der Waals surface area contributed by atoms with Gasteiger partial charge in [0.05, 0.1) is 4.92 Å². The fourth-order valence-corrected chi connectivity index (χ4v) is 3.31. The van der Waals surface area contributed by atoms with Crippen molar-refractivity contribution in [3.05, 3.63) is 93.7 Å². The summed E-state index contributed by atoms with van der Waals surface area (Å²) in [6.07, 6.45) is 1.85. The van der Waals surface area contributed by atoms with Gasteiger partial charge in [0, 0.05) is 29.0 Å². The minimum Gasteiger partial charge on any atom is -0.306 e. The van der Waals surface area contributed by atoms with E-state index in [0.717, 1.165) is 11.1 Å². The second-order valence-corrected chi connectivity index (χ2v) is 6.77. The first-order chi connectivity index (χ1) is 14.0. The van der Waals surface area contributed by atoms with Crippen LogP contribution in [0.1, 0.15) is 21.5 Å². The van der Waals surface area contributed by atoms with Gasteiger partial charge in [-0.25, -0.2) is 4.98 Å². The Morgan fingerprint density at radius 2 is 1.83 bits per heavy atom. The van der Waals surface area contributed by atoms with E-state index < -0.39 is 10.8 Å². The molecular weight excluding hydrogens is 368 g/mol. The lowest BCUT2D eigenvalue weighted by Gasteiger charge is -2.10. The number of carbonyl (C=O) groups is 1. The highest BCUT2D eigenvalue weighted by Crippen LogP contribution is 2.30. The van der Waals surface area contributed by atoms with Crippen molar-refractivity contribution in [1.29, 1.82) is 0 Å². The predicted octanol–water partition coefficient (Wildman–Crippen LogP) is 4.78. The molecule has 2 aromatic heterocycles. The van der Waals surface area contributed by atoms with E-state index in [1.54, 1.807) is 17.4 Å².